The van der Waals surface area contributed by atoms with E-state index in [-0.39, 0.29) is 6.61 Å². The summed E-state index contributed by atoms with van der Waals surface area (Å²) in [6, 6.07) is 1.82. The number of rotatable bonds is 2. The zero-order valence-electron chi connectivity index (χ0n) is 8.03. The summed E-state index contributed by atoms with van der Waals surface area (Å²) in [7, 11) is 1.56. The fraction of sp³-hybridized carbons (Fsp3) is 0.333. The normalized spacial score (nSPS) is 10.8. The van der Waals surface area contributed by atoms with E-state index in [0.29, 0.717) is 17.4 Å². The molecule has 0 saturated heterocycles. The van der Waals surface area contributed by atoms with E-state index in [2.05, 4.69) is 15.0 Å². The van der Waals surface area contributed by atoms with Crippen molar-refractivity contribution in [2.24, 2.45) is 0 Å². The lowest BCUT2D eigenvalue weighted by atomic mass is 10.3. The second-order valence-corrected chi connectivity index (χ2v) is 3.02. The molecule has 0 saturated carbocycles. The van der Waals surface area contributed by atoms with Crippen LogP contribution in [-0.4, -0.2) is 27.2 Å². The number of hydrogen-bond acceptors (Lipinski definition) is 4. The van der Waals surface area contributed by atoms with E-state index in [1.807, 2.05) is 13.0 Å². The number of aromatic nitrogens is 3. The van der Waals surface area contributed by atoms with Gasteiger partial charge in [-0.1, -0.05) is 0 Å². The molecule has 0 aliphatic rings. The molecule has 0 fully saturated rings. The van der Waals surface area contributed by atoms with Crippen LogP contribution in [0, 0.1) is 6.92 Å². The monoisotopic (exact) mass is 193 g/mol. The van der Waals surface area contributed by atoms with Gasteiger partial charge in [0.1, 0.15) is 12.4 Å². The van der Waals surface area contributed by atoms with E-state index in [1.165, 1.54) is 0 Å². The zero-order chi connectivity index (χ0) is 10.1. The Morgan fingerprint density at radius 2 is 2.29 bits per heavy atom. The summed E-state index contributed by atoms with van der Waals surface area (Å²) in [5.41, 5.74) is 2.42. The van der Waals surface area contributed by atoms with Gasteiger partial charge in [-0.05, 0) is 12.5 Å². The van der Waals surface area contributed by atoms with Crippen LogP contribution in [0.2, 0.25) is 0 Å². The maximum Gasteiger partial charge on any atom is 0.215 e. The second kappa shape index (κ2) is 3.26. The number of H-pyrrole nitrogens is 1. The van der Waals surface area contributed by atoms with Crippen molar-refractivity contribution in [3.63, 3.8) is 0 Å². The Labute approximate surface area is 80.8 Å². The van der Waals surface area contributed by atoms with Gasteiger partial charge in [-0.15, -0.1) is 0 Å². The molecule has 0 radical (unpaired) electrons. The van der Waals surface area contributed by atoms with Crippen molar-refractivity contribution in [3.8, 4) is 5.88 Å². The third-order valence-corrected chi connectivity index (χ3v) is 2.04. The number of hydrogen-bond donors (Lipinski definition) is 2. The average Bonchev–Trinajstić information content (AvgIpc) is 2.61. The first-order valence-corrected chi connectivity index (χ1v) is 4.25. The maximum absolute atomic E-state index is 8.90. The summed E-state index contributed by atoms with van der Waals surface area (Å²) in [6.07, 6.45) is 0. The Morgan fingerprint density at radius 1 is 1.50 bits per heavy atom. The molecule has 2 aromatic heterocycles. The van der Waals surface area contributed by atoms with Gasteiger partial charge < -0.3 is 14.8 Å². The van der Waals surface area contributed by atoms with Crippen LogP contribution in [0.15, 0.2) is 6.07 Å². The molecule has 0 aromatic carbocycles. The van der Waals surface area contributed by atoms with Crippen LogP contribution < -0.4 is 4.74 Å². The molecule has 0 spiro atoms. The molecular formula is C9H11N3O2. The molecule has 14 heavy (non-hydrogen) atoms. The number of aliphatic hydroxyl groups is 1. The summed E-state index contributed by atoms with van der Waals surface area (Å²) in [5, 5.41) is 8.90. The molecule has 5 nitrogen and oxygen atoms in total. The van der Waals surface area contributed by atoms with Crippen LogP contribution in [0.4, 0.5) is 0 Å². The number of ether oxygens (including phenoxy) is 1. The van der Waals surface area contributed by atoms with Crippen LogP contribution in [0.25, 0.3) is 11.2 Å². The highest BCUT2D eigenvalue weighted by atomic mass is 16.5. The topological polar surface area (TPSA) is 71.0 Å². The van der Waals surface area contributed by atoms with E-state index in [4.69, 9.17) is 9.84 Å². The first-order chi connectivity index (χ1) is 6.74. The van der Waals surface area contributed by atoms with Crippen LogP contribution in [0.3, 0.4) is 0 Å². The quantitative estimate of drug-likeness (QED) is 0.738. The number of pyridine rings is 1. The van der Waals surface area contributed by atoms with Crippen LogP contribution in [0.5, 0.6) is 5.88 Å². The smallest absolute Gasteiger partial charge is 0.215 e. The maximum atomic E-state index is 8.90. The Kier molecular flexibility index (Phi) is 2.09. The number of nitrogens with one attached hydrogen (secondary N) is 1. The Hall–Kier alpha value is -1.62. The number of imidazole rings is 1. The third kappa shape index (κ3) is 1.31. The minimum atomic E-state index is -0.113. The first kappa shape index (κ1) is 8.96. The van der Waals surface area contributed by atoms with Crippen molar-refractivity contribution in [1.82, 2.24) is 15.0 Å². The SMILES string of the molecule is COc1cc(C)c2[nH]c(CO)nc2n1. The molecule has 0 unspecified atom stereocenters. The van der Waals surface area contributed by atoms with Gasteiger partial charge in [0, 0.05) is 6.07 Å². The number of aromatic amines is 1. The van der Waals surface area contributed by atoms with Crippen molar-refractivity contribution in [1.29, 1.82) is 0 Å². The predicted octanol–water partition coefficient (Wildman–Crippen LogP) is 0.767. The summed E-state index contributed by atoms with van der Waals surface area (Å²) >= 11 is 0. The predicted molar refractivity (Wildman–Crippen MR) is 51.1 cm³/mol. The number of fused-ring (bicyclic) bond motifs is 1. The Morgan fingerprint density at radius 3 is 2.93 bits per heavy atom. The van der Waals surface area contributed by atoms with Crippen molar-refractivity contribution < 1.29 is 9.84 Å². The van der Waals surface area contributed by atoms with Gasteiger partial charge in [-0.2, -0.15) is 4.98 Å². The van der Waals surface area contributed by atoms with E-state index >= 15 is 0 Å². The van der Waals surface area contributed by atoms with Gasteiger partial charge in [0.05, 0.1) is 12.6 Å². The zero-order valence-corrected chi connectivity index (χ0v) is 8.03. The molecule has 5 heteroatoms. The molecule has 2 rings (SSSR count). The van der Waals surface area contributed by atoms with Gasteiger partial charge >= 0.3 is 0 Å². The highest BCUT2D eigenvalue weighted by Crippen LogP contribution is 2.19. The van der Waals surface area contributed by atoms with E-state index in [9.17, 15) is 0 Å². The average molecular weight is 193 g/mol. The molecule has 0 amide bonds. The number of aliphatic hydroxyl groups excluding tert-OH is 1. The molecule has 2 aromatic rings. The van der Waals surface area contributed by atoms with Crippen LogP contribution >= 0.6 is 0 Å². The van der Waals surface area contributed by atoms with E-state index < -0.39 is 0 Å². The van der Waals surface area contributed by atoms with E-state index in [1.54, 1.807) is 7.11 Å². The molecule has 2 heterocycles. The summed E-state index contributed by atoms with van der Waals surface area (Å²) in [5.74, 6) is 1.05. The largest absolute Gasteiger partial charge is 0.481 e. The lowest BCUT2D eigenvalue weighted by Gasteiger charge is -1.99. The van der Waals surface area contributed by atoms with Gasteiger partial charge in [-0.3, -0.25) is 0 Å². The summed E-state index contributed by atoms with van der Waals surface area (Å²) in [4.78, 5) is 11.2. The fourth-order valence-corrected chi connectivity index (χ4v) is 1.34. The minimum absolute atomic E-state index is 0.113. The fourth-order valence-electron chi connectivity index (χ4n) is 1.34. The highest BCUT2D eigenvalue weighted by molar-refractivity contribution is 5.75. The molecule has 0 bridgehead atoms. The lowest BCUT2D eigenvalue weighted by molar-refractivity contribution is 0.273. The number of nitrogens with zero attached hydrogens (tertiary/aromatic N) is 2. The number of methoxy groups -OCH3 is 1. The number of aryl methyl sites for hydroxylation is 1. The standard InChI is InChI=1S/C9H11N3O2/c1-5-3-7(14-2)12-9-8(5)10-6(4-13)11-9/h3,13H,4H2,1-2H3,(H,10,11,12). The van der Waals surface area contributed by atoms with Gasteiger partial charge in [0.15, 0.2) is 5.65 Å². The summed E-state index contributed by atoms with van der Waals surface area (Å²) in [6.45, 7) is 1.82. The van der Waals surface area contributed by atoms with Crippen molar-refractivity contribution >= 4 is 11.2 Å². The molecule has 2 N–H and O–H groups in total. The lowest BCUT2D eigenvalue weighted by Crippen LogP contribution is -1.89. The second-order valence-electron chi connectivity index (χ2n) is 3.02. The molecule has 0 aliphatic carbocycles. The summed E-state index contributed by atoms with van der Waals surface area (Å²) < 4.78 is 5.02. The van der Waals surface area contributed by atoms with Gasteiger partial charge in [-0.25, -0.2) is 4.98 Å². The van der Waals surface area contributed by atoms with Crippen molar-refractivity contribution in [2.45, 2.75) is 13.5 Å². The Bertz CT molecular complexity index is 464. The highest BCUT2D eigenvalue weighted by Gasteiger charge is 2.07. The van der Waals surface area contributed by atoms with Crippen LogP contribution in [0.1, 0.15) is 11.4 Å². The van der Waals surface area contributed by atoms with Crippen molar-refractivity contribution in [3.05, 3.63) is 17.5 Å². The molecule has 0 aliphatic heterocycles. The van der Waals surface area contributed by atoms with Gasteiger partial charge in [0.2, 0.25) is 5.88 Å². The van der Waals surface area contributed by atoms with Crippen molar-refractivity contribution in [2.75, 3.05) is 7.11 Å². The third-order valence-electron chi connectivity index (χ3n) is 2.04. The molecule has 74 valence electrons. The first-order valence-electron chi connectivity index (χ1n) is 4.25. The molecule has 0 atom stereocenters. The van der Waals surface area contributed by atoms with Gasteiger partial charge in [0.25, 0.3) is 0 Å². The minimum Gasteiger partial charge on any atom is -0.481 e. The van der Waals surface area contributed by atoms with Crippen LogP contribution in [-0.2, 0) is 6.61 Å². The Balaban J connectivity index is 2.67. The molecular weight excluding hydrogens is 182 g/mol. The van der Waals surface area contributed by atoms with E-state index in [0.717, 1.165) is 11.1 Å².